The van der Waals surface area contributed by atoms with Crippen LogP contribution in [0.1, 0.15) is 43.1 Å². The molecule has 1 fully saturated rings. The molecule has 7 nitrogen and oxygen atoms in total. The van der Waals surface area contributed by atoms with Crippen LogP contribution in [0.5, 0.6) is 0 Å². The molecule has 2 aromatic rings. The molecule has 1 saturated heterocycles. The Morgan fingerprint density at radius 3 is 2.71 bits per heavy atom. The fourth-order valence-electron chi connectivity index (χ4n) is 3.53. The van der Waals surface area contributed by atoms with Gasteiger partial charge in [-0.25, -0.2) is 9.98 Å². The first kappa shape index (κ1) is 20.2. The highest BCUT2D eigenvalue weighted by molar-refractivity contribution is 5.79. The SMILES string of the molecule is CCNC(=NCc1ccnc(N2CCCC2)c1)NCCCn1nc(C)cc1C. The molecule has 3 rings (SSSR count). The van der Waals surface area contributed by atoms with Crippen LogP contribution in [-0.2, 0) is 13.1 Å². The highest BCUT2D eigenvalue weighted by Crippen LogP contribution is 2.18. The van der Waals surface area contributed by atoms with E-state index in [-0.39, 0.29) is 0 Å². The molecule has 0 radical (unpaired) electrons. The number of aryl methyl sites for hydroxylation is 3. The van der Waals surface area contributed by atoms with E-state index in [1.807, 2.05) is 13.1 Å². The smallest absolute Gasteiger partial charge is 0.191 e. The lowest BCUT2D eigenvalue weighted by molar-refractivity contribution is 0.555. The van der Waals surface area contributed by atoms with Crippen molar-refractivity contribution in [1.29, 1.82) is 0 Å². The quantitative estimate of drug-likeness (QED) is 0.417. The van der Waals surface area contributed by atoms with Crippen LogP contribution < -0.4 is 15.5 Å². The molecule has 1 aliphatic rings. The van der Waals surface area contributed by atoms with Crippen LogP contribution in [-0.4, -0.2) is 46.9 Å². The fourth-order valence-corrected chi connectivity index (χ4v) is 3.53. The normalized spacial score (nSPS) is 14.5. The number of nitrogens with zero attached hydrogens (tertiary/aromatic N) is 5. The molecule has 0 atom stereocenters. The van der Waals surface area contributed by atoms with Gasteiger partial charge in [-0.3, -0.25) is 4.68 Å². The van der Waals surface area contributed by atoms with Gasteiger partial charge < -0.3 is 15.5 Å². The number of aromatic nitrogens is 3. The largest absolute Gasteiger partial charge is 0.357 e. The maximum Gasteiger partial charge on any atom is 0.191 e. The molecule has 28 heavy (non-hydrogen) atoms. The summed E-state index contributed by atoms with van der Waals surface area (Å²) in [7, 11) is 0. The molecule has 0 spiro atoms. The first-order chi connectivity index (χ1) is 13.7. The highest BCUT2D eigenvalue weighted by Gasteiger charge is 2.13. The van der Waals surface area contributed by atoms with Crippen LogP contribution in [0.15, 0.2) is 29.4 Å². The van der Waals surface area contributed by atoms with Crippen molar-refractivity contribution in [2.75, 3.05) is 31.1 Å². The molecule has 2 aromatic heterocycles. The topological polar surface area (TPSA) is 70.4 Å². The van der Waals surface area contributed by atoms with Crippen LogP contribution >= 0.6 is 0 Å². The van der Waals surface area contributed by atoms with Gasteiger partial charge in [-0.05, 0) is 63.8 Å². The standard InChI is InChI=1S/C21H33N7/c1-4-22-21(24-9-7-13-28-18(3)14-17(2)26-28)25-16-19-8-10-23-20(15-19)27-11-5-6-12-27/h8,10,14-15H,4-7,9,11-13,16H2,1-3H3,(H2,22,24,25). The number of nitrogens with one attached hydrogen (secondary N) is 2. The minimum Gasteiger partial charge on any atom is -0.357 e. The summed E-state index contributed by atoms with van der Waals surface area (Å²) in [4.78, 5) is 11.6. The van der Waals surface area contributed by atoms with Gasteiger partial charge in [0.2, 0.25) is 0 Å². The van der Waals surface area contributed by atoms with Crippen molar-refractivity contribution in [3.63, 3.8) is 0 Å². The van der Waals surface area contributed by atoms with Gasteiger partial charge in [-0.1, -0.05) is 0 Å². The van der Waals surface area contributed by atoms with E-state index in [1.165, 1.54) is 24.1 Å². The summed E-state index contributed by atoms with van der Waals surface area (Å²) in [6, 6.07) is 6.33. The van der Waals surface area contributed by atoms with Crippen molar-refractivity contribution in [2.24, 2.45) is 4.99 Å². The van der Waals surface area contributed by atoms with Gasteiger partial charge in [0.15, 0.2) is 5.96 Å². The monoisotopic (exact) mass is 383 g/mol. The van der Waals surface area contributed by atoms with E-state index in [0.717, 1.165) is 56.6 Å². The first-order valence-corrected chi connectivity index (χ1v) is 10.4. The second-order valence-electron chi connectivity index (χ2n) is 7.34. The summed E-state index contributed by atoms with van der Waals surface area (Å²) in [5.74, 6) is 1.93. The third kappa shape index (κ3) is 5.71. The van der Waals surface area contributed by atoms with E-state index in [4.69, 9.17) is 4.99 Å². The number of rotatable bonds is 8. The summed E-state index contributed by atoms with van der Waals surface area (Å²) in [6.07, 6.45) is 5.42. The van der Waals surface area contributed by atoms with Gasteiger partial charge in [0.25, 0.3) is 0 Å². The Morgan fingerprint density at radius 2 is 2.00 bits per heavy atom. The van der Waals surface area contributed by atoms with Gasteiger partial charge in [-0.15, -0.1) is 0 Å². The predicted octanol–water partition coefficient (Wildman–Crippen LogP) is 2.64. The van der Waals surface area contributed by atoms with Gasteiger partial charge in [0.1, 0.15) is 5.82 Å². The lowest BCUT2D eigenvalue weighted by Crippen LogP contribution is -2.38. The first-order valence-electron chi connectivity index (χ1n) is 10.4. The third-order valence-electron chi connectivity index (χ3n) is 4.95. The van der Waals surface area contributed by atoms with Crippen LogP contribution in [0.2, 0.25) is 0 Å². The average molecular weight is 384 g/mol. The van der Waals surface area contributed by atoms with Crippen molar-refractivity contribution in [3.05, 3.63) is 41.3 Å². The second-order valence-corrected chi connectivity index (χ2v) is 7.34. The van der Waals surface area contributed by atoms with Crippen molar-refractivity contribution < 1.29 is 0 Å². The van der Waals surface area contributed by atoms with Crippen molar-refractivity contribution in [3.8, 4) is 0 Å². The van der Waals surface area contributed by atoms with Crippen LogP contribution in [0.4, 0.5) is 5.82 Å². The predicted molar refractivity (Wildman–Crippen MR) is 115 cm³/mol. The van der Waals surface area contributed by atoms with Gasteiger partial charge >= 0.3 is 0 Å². The van der Waals surface area contributed by atoms with Crippen LogP contribution in [0.25, 0.3) is 0 Å². The molecule has 0 aromatic carbocycles. The molecule has 3 heterocycles. The molecule has 0 aliphatic carbocycles. The molecule has 2 N–H and O–H groups in total. The number of pyridine rings is 1. The number of anilines is 1. The minimum absolute atomic E-state index is 0.649. The molecular weight excluding hydrogens is 350 g/mol. The molecule has 0 unspecified atom stereocenters. The summed E-state index contributed by atoms with van der Waals surface area (Å²) < 4.78 is 2.07. The number of hydrogen-bond donors (Lipinski definition) is 2. The lowest BCUT2D eigenvalue weighted by Gasteiger charge is -2.16. The maximum atomic E-state index is 4.74. The zero-order chi connectivity index (χ0) is 19.8. The Morgan fingerprint density at radius 1 is 1.18 bits per heavy atom. The Labute approximate surface area is 168 Å². The Balaban J connectivity index is 1.50. The summed E-state index contributed by atoms with van der Waals surface area (Å²) in [6.45, 7) is 11.7. The van der Waals surface area contributed by atoms with Crippen molar-refractivity contribution in [1.82, 2.24) is 25.4 Å². The summed E-state index contributed by atoms with van der Waals surface area (Å²) >= 11 is 0. The fraction of sp³-hybridized carbons (Fsp3) is 0.571. The van der Waals surface area contributed by atoms with E-state index in [9.17, 15) is 0 Å². The number of guanidine groups is 1. The number of aliphatic imine (C=N–C) groups is 1. The Bertz CT molecular complexity index is 775. The lowest BCUT2D eigenvalue weighted by atomic mass is 10.2. The number of hydrogen-bond acceptors (Lipinski definition) is 4. The molecular formula is C21H33N7. The zero-order valence-corrected chi connectivity index (χ0v) is 17.4. The van der Waals surface area contributed by atoms with E-state index in [2.05, 4.69) is 62.3 Å². The van der Waals surface area contributed by atoms with Gasteiger partial charge in [-0.2, -0.15) is 5.10 Å². The molecule has 1 aliphatic heterocycles. The van der Waals surface area contributed by atoms with E-state index >= 15 is 0 Å². The summed E-state index contributed by atoms with van der Waals surface area (Å²) in [5.41, 5.74) is 3.48. The van der Waals surface area contributed by atoms with Crippen LogP contribution in [0.3, 0.4) is 0 Å². The van der Waals surface area contributed by atoms with Gasteiger partial charge in [0, 0.05) is 44.6 Å². The van der Waals surface area contributed by atoms with Gasteiger partial charge in [0.05, 0.1) is 12.2 Å². The van der Waals surface area contributed by atoms with E-state index < -0.39 is 0 Å². The maximum absolute atomic E-state index is 4.74. The molecule has 0 bridgehead atoms. The van der Waals surface area contributed by atoms with Crippen LogP contribution in [0, 0.1) is 13.8 Å². The molecule has 7 heteroatoms. The summed E-state index contributed by atoms with van der Waals surface area (Å²) in [5, 5.41) is 11.3. The Kier molecular flexibility index (Phi) is 7.28. The Hall–Kier alpha value is -2.57. The molecule has 0 saturated carbocycles. The average Bonchev–Trinajstić information content (AvgIpc) is 3.33. The van der Waals surface area contributed by atoms with E-state index in [0.29, 0.717) is 6.54 Å². The second kappa shape index (κ2) is 10.1. The molecule has 152 valence electrons. The zero-order valence-electron chi connectivity index (χ0n) is 17.4. The van der Waals surface area contributed by atoms with E-state index in [1.54, 1.807) is 0 Å². The van der Waals surface area contributed by atoms with Crippen molar-refractivity contribution in [2.45, 2.75) is 53.1 Å². The van der Waals surface area contributed by atoms with Crippen molar-refractivity contribution >= 4 is 11.8 Å². The molecule has 0 amide bonds. The minimum atomic E-state index is 0.649. The third-order valence-corrected chi connectivity index (χ3v) is 4.95. The highest BCUT2D eigenvalue weighted by atomic mass is 15.3.